The van der Waals surface area contributed by atoms with Crippen LogP contribution in [0.1, 0.15) is 25.1 Å². The van der Waals surface area contributed by atoms with Crippen LogP contribution in [0.5, 0.6) is 0 Å². The Morgan fingerprint density at radius 3 is 2.73 bits per heavy atom. The van der Waals surface area contributed by atoms with Crippen LogP contribution in [-0.4, -0.2) is 20.1 Å². The molecule has 3 aromatic heterocycles. The topological polar surface area (TPSA) is 70.9 Å². The molecule has 2 N–H and O–H groups in total. The fourth-order valence-electron chi connectivity index (χ4n) is 2.11. The van der Waals surface area contributed by atoms with E-state index in [1.807, 2.05) is 24.4 Å². The Morgan fingerprint density at radius 1 is 1.23 bits per heavy atom. The van der Waals surface area contributed by atoms with Crippen LogP contribution in [0.15, 0.2) is 23.6 Å². The first-order chi connectivity index (χ1) is 10.3. The first-order valence-corrected chi connectivity index (χ1v) is 7.98. The number of pyridine rings is 1. The van der Waals surface area contributed by atoms with Crippen molar-refractivity contribution >= 4 is 44.8 Å². The van der Waals surface area contributed by atoms with Gasteiger partial charge in [0.2, 0.25) is 5.28 Å². The predicted molar refractivity (Wildman–Crippen MR) is 89.9 cm³/mol. The molecule has 114 valence electrons. The van der Waals surface area contributed by atoms with Crippen LogP contribution in [0.4, 0.5) is 11.6 Å². The minimum atomic E-state index is -1.01. The summed E-state index contributed by atoms with van der Waals surface area (Å²) >= 11 is 7.51. The molecule has 0 saturated carbocycles. The number of nitrogens with zero attached hydrogens (tertiary/aromatic N) is 3. The molecule has 0 aliphatic heterocycles. The van der Waals surface area contributed by atoms with Crippen LogP contribution in [0, 0.1) is 6.92 Å². The number of aryl methyl sites for hydroxylation is 1. The molecule has 3 rings (SSSR count). The molecule has 0 aliphatic carbocycles. The van der Waals surface area contributed by atoms with Crippen LogP contribution in [-0.2, 0) is 5.60 Å². The van der Waals surface area contributed by atoms with E-state index >= 15 is 0 Å². The highest BCUT2D eigenvalue weighted by atomic mass is 35.5. The van der Waals surface area contributed by atoms with Crippen molar-refractivity contribution in [3.8, 4) is 0 Å². The summed E-state index contributed by atoms with van der Waals surface area (Å²) in [6, 6.07) is 5.44. The lowest BCUT2D eigenvalue weighted by Gasteiger charge is -2.17. The lowest BCUT2D eigenvalue weighted by Crippen LogP contribution is -2.17. The van der Waals surface area contributed by atoms with Gasteiger partial charge in [-0.1, -0.05) is 6.07 Å². The molecule has 0 saturated heterocycles. The number of hydrogen-bond acceptors (Lipinski definition) is 6. The molecular weight excluding hydrogens is 320 g/mol. The van der Waals surface area contributed by atoms with E-state index in [9.17, 15) is 5.11 Å². The highest BCUT2D eigenvalue weighted by Crippen LogP contribution is 2.32. The number of rotatable bonds is 3. The Hall–Kier alpha value is -1.76. The average molecular weight is 335 g/mol. The minimum absolute atomic E-state index is 0.190. The Balaban J connectivity index is 2.05. The second kappa shape index (κ2) is 5.46. The van der Waals surface area contributed by atoms with Gasteiger partial charge in [-0.05, 0) is 55.4 Å². The second-order valence-corrected chi connectivity index (χ2v) is 6.73. The maximum atomic E-state index is 10.1. The highest BCUT2D eigenvalue weighted by molar-refractivity contribution is 7.17. The van der Waals surface area contributed by atoms with Crippen LogP contribution in [0.25, 0.3) is 10.2 Å². The standard InChI is InChI=1S/C15H15ClN4OS/c1-8-7-22-13-11(8)12(19-14(16)20-13)18-10-6-4-5-9(17-10)15(2,3)21/h4-7,21H,1-3H3,(H,17,18,19,20). The maximum Gasteiger partial charge on any atom is 0.225 e. The summed E-state index contributed by atoms with van der Waals surface area (Å²) in [7, 11) is 0. The number of thiophene rings is 1. The zero-order valence-electron chi connectivity index (χ0n) is 12.4. The third-order valence-electron chi connectivity index (χ3n) is 3.21. The molecule has 0 amide bonds. The number of anilines is 2. The molecule has 0 fully saturated rings. The Morgan fingerprint density at radius 2 is 2.00 bits per heavy atom. The monoisotopic (exact) mass is 334 g/mol. The zero-order chi connectivity index (χ0) is 15.9. The molecule has 0 bridgehead atoms. The third-order valence-corrected chi connectivity index (χ3v) is 4.37. The van der Waals surface area contributed by atoms with Crippen molar-refractivity contribution in [3.05, 3.63) is 40.1 Å². The lowest BCUT2D eigenvalue weighted by atomic mass is 10.1. The Bertz CT molecular complexity index is 841. The van der Waals surface area contributed by atoms with E-state index in [1.165, 1.54) is 11.3 Å². The molecule has 7 heteroatoms. The number of aliphatic hydroxyl groups is 1. The summed E-state index contributed by atoms with van der Waals surface area (Å²) in [5.41, 5.74) is 0.656. The van der Waals surface area contributed by atoms with Gasteiger partial charge in [-0.3, -0.25) is 0 Å². The van der Waals surface area contributed by atoms with Crippen LogP contribution in [0.2, 0.25) is 5.28 Å². The Labute approximate surface area is 137 Å². The van der Waals surface area contributed by atoms with Crippen molar-refractivity contribution in [3.63, 3.8) is 0 Å². The summed E-state index contributed by atoms with van der Waals surface area (Å²) < 4.78 is 0. The summed E-state index contributed by atoms with van der Waals surface area (Å²) in [4.78, 5) is 13.8. The summed E-state index contributed by atoms with van der Waals surface area (Å²) in [5.74, 6) is 1.22. The Kier molecular flexibility index (Phi) is 3.76. The first kappa shape index (κ1) is 15.1. The van der Waals surface area contributed by atoms with Gasteiger partial charge in [-0.25, -0.2) is 9.97 Å². The third kappa shape index (κ3) is 2.90. The van der Waals surface area contributed by atoms with E-state index in [2.05, 4.69) is 20.3 Å². The molecule has 0 spiro atoms. The average Bonchev–Trinajstić information content (AvgIpc) is 2.79. The molecule has 0 atom stereocenters. The SMILES string of the molecule is Cc1csc2nc(Cl)nc(Nc3cccc(C(C)(C)O)n3)c12. The van der Waals surface area contributed by atoms with Gasteiger partial charge in [0.1, 0.15) is 22.1 Å². The van der Waals surface area contributed by atoms with E-state index in [1.54, 1.807) is 19.9 Å². The van der Waals surface area contributed by atoms with Gasteiger partial charge in [0.05, 0.1) is 11.1 Å². The molecular formula is C15H15ClN4OS. The van der Waals surface area contributed by atoms with E-state index in [-0.39, 0.29) is 5.28 Å². The molecule has 0 aromatic carbocycles. The predicted octanol–water partition coefficient (Wildman–Crippen LogP) is 4.02. The minimum Gasteiger partial charge on any atom is -0.384 e. The van der Waals surface area contributed by atoms with Gasteiger partial charge >= 0.3 is 0 Å². The second-order valence-electron chi connectivity index (χ2n) is 5.53. The van der Waals surface area contributed by atoms with Crippen molar-refractivity contribution in [1.82, 2.24) is 15.0 Å². The molecule has 22 heavy (non-hydrogen) atoms. The summed E-state index contributed by atoms with van der Waals surface area (Å²) in [6.45, 7) is 5.39. The molecule has 5 nitrogen and oxygen atoms in total. The maximum absolute atomic E-state index is 10.1. The summed E-state index contributed by atoms with van der Waals surface area (Å²) in [5, 5.41) is 16.4. The lowest BCUT2D eigenvalue weighted by molar-refractivity contribution is 0.0740. The number of aromatic nitrogens is 3. The van der Waals surface area contributed by atoms with Gasteiger partial charge in [0.15, 0.2) is 0 Å². The van der Waals surface area contributed by atoms with Gasteiger partial charge in [0, 0.05) is 0 Å². The van der Waals surface area contributed by atoms with Crippen LogP contribution < -0.4 is 5.32 Å². The van der Waals surface area contributed by atoms with E-state index in [0.29, 0.717) is 17.3 Å². The van der Waals surface area contributed by atoms with E-state index < -0.39 is 5.60 Å². The van der Waals surface area contributed by atoms with Gasteiger partial charge < -0.3 is 10.4 Å². The number of halogens is 1. The highest BCUT2D eigenvalue weighted by Gasteiger charge is 2.18. The molecule has 0 aliphatic rings. The van der Waals surface area contributed by atoms with Crippen molar-refractivity contribution in [2.45, 2.75) is 26.4 Å². The smallest absolute Gasteiger partial charge is 0.225 e. The first-order valence-electron chi connectivity index (χ1n) is 6.73. The summed E-state index contributed by atoms with van der Waals surface area (Å²) in [6.07, 6.45) is 0. The van der Waals surface area contributed by atoms with E-state index in [0.717, 1.165) is 15.8 Å². The van der Waals surface area contributed by atoms with Gasteiger partial charge in [-0.15, -0.1) is 11.3 Å². The number of fused-ring (bicyclic) bond motifs is 1. The normalized spacial score (nSPS) is 11.9. The molecule has 3 heterocycles. The van der Waals surface area contributed by atoms with E-state index in [4.69, 9.17) is 11.6 Å². The molecule has 0 radical (unpaired) electrons. The quantitative estimate of drug-likeness (QED) is 0.708. The van der Waals surface area contributed by atoms with Crippen molar-refractivity contribution < 1.29 is 5.11 Å². The molecule has 0 unspecified atom stereocenters. The number of hydrogen-bond donors (Lipinski definition) is 2. The fraction of sp³-hybridized carbons (Fsp3) is 0.267. The zero-order valence-corrected chi connectivity index (χ0v) is 14.0. The van der Waals surface area contributed by atoms with Crippen molar-refractivity contribution in [1.29, 1.82) is 0 Å². The largest absolute Gasteiger partial charge is 0.384 e. The fourth-order valence-corrected chi connectivity index (χ4v) is 3.25. The van der Waals surface area contributed by atoms with Gasteiger partial charge in [-0.2, -0.15) is 4.98 Å². The van der Waals surface area contributed by atoms with Crippen LogP contribution >= 0.6 is 22.9 Å². The van der Waals surface area contributed by atoms with Crippen molar-refractivity contribution in [2.24, 2.45) is 0 Å². The van der Waals surface area contributed by atoms with Crippen LogP contribution in [0.3, 0.4) is 0 Å². The molecule has 3 aromatic rings. The van der Waals surface area contributed by atoms with Crippen molar-refractivity contribution in [2.75, 3.05) is 5.32 Å². The van der Waals surface area contributed by atoms with Gasteiger partial charge in [0.25, 0.3) is 0 Å². The number of nitrogens with one attached hydrogen (secondary N) is 1.